The van der Waals surface area contributed by atoms with Crippen molar-refractivity contribution >= 4 is 65.4 Å². The van der Waals surface area contributed by atoms with Gasteiger partial charge in [-0.2, -0.15) is 0 Å². The van der Waals surface area contributed by atoms with Crippen molar-refractivity contribution in [3.8, 4) is 11.1 Å². The number of benzene rings is 9. The van der Waals surface area contributed by atoms with Gasteiger partial charge in [0.15, 0.2) is 0 Å². The van der Waals surface area contributed by atoms with E-state index in [2.05, 4.69) is 182 Å². The fraction of sp³-hybridized carbons (Fsp3) is 0. The topological polar surface area (TPSA) is 0 Å². The van der Waals surface area contributed by atoms with Crippen molar-refractivity contribution < 1.29 is 0 Å². The molecule has 0 saturated carbocycles. The molecule has 0 amide bonds. The molecule has 230 valence electrons. The van der Waals surface area contributed by atoms with Crippen LogP contribution in [0.4, 0.5) is 0 Å². The average molecular weight is 631 g/mol. The SMILES string of the molecule is c1cc(C2=C3C(=C(c4cccc5ccccc45)c4c3ccc3ccccc43)c3ccc4ccccc4c32)cc(-c2ccc3ccccc3c2)c1. The number of allylic oxidation sites excluding steroid dienone is 2. The average Bonchev–Trinajstić information content (AvgIpc) is 3.71. The zero-order chi connectivity index (χ0) is 32.8. The molecular formula is C50H30. The Bertz CT molecular complexity index is 2960. The van der Waals surface area contributed by atoms with E-state index in [9.17, 15) is 0 Å². The van der Waals surface area contributed by atoms with Gasteiger partial charge in [0.05, 0.1) is 0 Å². The van der Waals surface area contributed by atoms with Crippen LogP contribution in [0.25, 0.3) is 76.5 Å². The van der Waals surface area contributed by atoms with Gasteiger partial charge in [-0.15, -0.1) is 0 Å². The third-order valence-electron chi connectivity index (χ3n) is 10.9. The van der Waals surface area contributed by atoms with Crippen molar-refractivity contribution in [1.29, 1.82) is 0 Å². The summed E-state index contributed by atoms with van der Waals surface area (Å²) in [5.41, 5.74) is 15.6. The van der Waals surface area contributed by atoms with Crippen molar-refractivity contribution in [3.63, 3.8) is 0 Å². The molecule has 9 aromatic rings. The van der Waals surface area contributed by atoms with Crippen molar-refractivity contribution in [2.24, 2.45) is 0 Å². The monoisotopic (exact) mass is 630 g/mol. The Morgan fingerprint density at radius 1 is 0.220 bits per heavy atom. The minimum Gasteiger partial charge on any atom is -0.0616 e. The first-order valence-electron chi connectivity index (χ1n) is 17.4. The van der Waals surface area contributed by atoms with Crippen LogP contribution >= 0.6 is 0 Å². The molecule has 0 spiro atoms. The number of hydrogen-bond donors (Lipinski definition) is 0. The van der Waals surface area contributed by atoms with Gasteiger partial charge < -0.3 is 0 Å². The molecule has 0 bridgehead atoms. The molecule has 0 fully saturated rings. The molecule has 0 radical (unpaired) electrons. The number of fused-ring (bicyclic) bond motifs is 11. The maximum atomic E-state index is 2.41. The van der Waals surface area contributed by atoms with E-state index in [4.69, 9.17) is 0 Å². The molecule has 50 heavy (non-hydrogen) atoms. The van der Waals surface area contributed by atoms with Crippen LogP contribution in [0.5, 0.6) is 0 Å². The molecule has 9 aromatic carbocycles. The van der Waals surface area contributed by atoms with E-state index in [1.54, 1.807) is 0 Å². The summed E-state index contributed by atoms with van der Waals surface area (Å²) in [5, 5.41) is 10.2. The Morgan fingerprint density at radius 2 is 0.700 bits per heavy atom. The highest BCUT2D eigenvalue weighted by atomic mass is 14.4. The van der Waals surface area contributed by atoms with Crippen LogP contribution in [-0.4, -0.2) is 0 Å². The predicted molar refractivity (Wildman–Crippen MR) is 213 cm³/mol. The lowest BCUT2D eigenvalue weighted by atomic mass is 9.86. The Hall–Kier alpha value is -6.50. The van der Waals surface area contributed by atoms with Crippen LogP contribution in [0.2, 0.25) is 0 Å². The summed E-state index contributed by atoms with van der Waals surface area (Å²) in [6.07, 6.45) is 0. The van der Waals surface area contributed by atoms with E-state index in [0.717, 1.165) is 0 Å². The molecule has 0 N–H and O–H groups in total. The smallest absolute Gasteiger partial charge is 0.000696 e. The van der Waals surface area contributed by atoms with Gasteiger partial charge in [-0.3, -0.25) is 0 Å². The molecule has 0 atom stereocenters. The molecule has 0 unspecified atom stereocenters. The lowest BCUT2D eigenvalue weighted by molar-refractivity contribution is 1.56. The summed E-state index contributed by atoms with van der Waals surface area (Å²) in [4.78, 5) is 0. The first kappa shape index (κ1) is 27.5. The van der Waals surface area contributed by atoms with Gasteiger partial charge in [0.1, 0.15) is 0 Å². The van der Waals surface area contributed by atoms with Gasteiger partial charge in [-0.25, -0.2) is 0 Å². The molecule has 2 aliphatic carbocycles. The zero-order valence-corrected chi connectivity index (χ0v) is 27.3. The van der Waals surface area contributed by atoms with Crippen molar-refractivity contribution in [3.05, 3.63) is 215 Å². The third-order valence-corrected chi connectivity index (χ3v) is 10.9. The maximum Gasteiger partial charge on any atom is -0.000696 e. The molecule has 0 saturated heterocycles. The van der Waals surface area contributed by atoms with Gasteiger partial charge in [-0.1, -0.05) is 170 Å². The lowest BCUT2D eigenvalue weighted by Gasteiger charge is -2.17. The molecule has 2 aliphatic rings. The number of hydrogen-bond acceptors (Lipinski definition) is 0. The van der Waals surface area contributed by atoms with E-state index in [0.29, 0.717) is 0 Å². The lowest BCUT2D eigenvalue weighted by Crippen LogP contribution is -1.96. The molecule has 0 heteroatoms. The molecule has 0 aromatic heterocycles. The first-order valence-corrected chi connectivity index (χ1v) is 17.4. The van der Waals surface area contributed by atoms with Gasteiger partial charge in [0, 0.05) is 0 Å². The van der Waals surface area contributed by atoms with Gasteiger partial charge in [0.2, 0.25) is 0 Å². The van der Waals surface area contributed by atoms with Crippen molar-refractivity contribution in [2.45, 2.75) is 0 Å². The fourth-order valence-electron chi connectivity index (χ4n) is 8.76. The molecule has 11 rings (SSSR count). The maximum absolute atomic E-state index is 2.41. The molecule has 0 nitrogen and oxygen atoms in total. The Kier molecular flexibility index (Phi) is 5.76. The highest BCUT2D eigenvalue weighted by Gasteiger charge is 2.39. The minimum absolute atomic E-state index is 1.23. The quantitative estimate of drug-likeness (QED) is 0.182. The van der Waals surface area contributed by atoms with Crippen LogP contribution in [-0.2, 0) is 0 Å². The van der Waals surface area contributed by atoms with E-state index in [1.165, 1.54) is 110 Å². The van der Waals surface area contributed by atoms with Gasteiger partial charge >= 0.3 is 0 Å². The van der Waals surface area contributed by atoms with Gasteiger partial charge in [0.25, 0.3) is 0 Å². The van der Waals surface area contributed by atoms with Crippen molar-refractivity contribution in [1.82, 2.24) is 0 Å². The van der Waals surface area contributed by atoms with Crippen LogP contribution < -0.4 is 0 Å². The molecule has 0 aliphatic heterocycles. The molecule has 0 heterocycles. The summed E-state index contributed by atoms with van der Waals surface area (Å²) < 4.78 is 0. The molecular weight excluding hydrogens is 601 g/mol. The van der Waals surface area contributed by atoms with Crippen LogP contribution in [0.3, 0.4) is 0 Å². The van der Waals surface area contributed by atoms with E-state index < -0.39 is 0 Å². The highest BCUT2D eigenvalue weighted by molar-refractivity contribution is 6.39. The highest BCUT2D eigenvalue weighted by Crippen LogP contribution is 2.61. The second-order valence-corrected chi connectivity index (χ2v) is 13.6. The summed E-state index contributed by atoms with van der Waals surface area (Å²) >= 11 is 0. The fourth-order valence-corrected chi connectivity index (χ4v) is 8.76. The van der Waals surface area contributed by atoms with E-state index >= 15 is 0 Å². The Balaban J connectivity index is 1.28. The Morgan fingerprint density at radius 3 is 1.42 bits per heavy atom. The van der Waals surface area contributed by atoms with E-state index in [1.807, 2.05) is 0 Å². The normalized spacial score (nSPS) is 13.4. The zero-order valence-electron chi connectivity index (χ0n) is 27.3. The van der Waals surface area contributed by atoms with Crippen LogP contribution in [0, 0.1) is 0 Å². The van der Waals surface area contributed by atoms with E-state index in [-0.39, 0.29) is 0 Å². The third kappa shape index (κ3) is 3.88. The minimum atomic E-state index is 1.23. The summed E-state index contributed by atoms with van der Waals surface area (Å²) in [6.45, 7) is 0. The standard InChI is InChI=1S/C50H30/c1-2-15-35-29-37(24-23-31(35)11-1)36-17-9-18-38(30-36)45-46-40-20-7-4-13-33(40)25-27-43(46)50-48(42-22-10-16-32-12-3-6-19-39(32)42)47-41-21-8-5-14-34(41)26-28-44(47)49(45)50/h1-30H. The Labute approximate surface area is 290 Å². The van der Waals surface area contributed by atoms with Crippen LogP contribution in [0.1, 0.15) is 33.4 Å². The first-order chi connectivity index (χ1) is 24.8. The van der Waals surface area contributed by atoms with Crippen LogP contribution in [0.15, 0.2) is 182 Å². The second-order valence-electron chi connectivity index (χ2n) is 13.6. The van der Waals surface area contributed by atoms with Gasteiger partial charge in [-0.05, 0) is 122 Å². The largest absolute Gasteiger partial charge is 0.0616 e. The predicted octanol–water partition coefficient (Wildman–Crippen LogP) is 13.2. The number of rotatable bonds is 3. The second kappa shape index (κ2) is 10.5. The summed E-state index contributed by atoms with van der Waals surface area (Å²) in [7, 11) is 0. The summed E-state index contributed by atoms with van der Waals surface area (Å²) in [5.74, 6) is 0. The van der Waals surface area contributed by atoms with Crippen molar-refractivity contribution in [2.75, 3.05) is 0 Å². The summed E-state index contributed by atoms with van der Waals surface area (Å²) in [6, 6.07) is 67.5.